The Bertz CT molecular complexity index is 489. The van der Waals surface area contributed by atoms with E-state index in [4.69, 9.17) is 4.74 Å². The molecule has 1 aromatic rings. The van der Waals surface area contributed by atoms with Crippen molar-refractivity contribution < 1.29 is 9.53 Å². The van der Waals surface area contributed by atoms with E-state index in [1.165, 1.54) is 5.56 Å². The fourth-order valence-corrected chi connectivity index (χ4v) is 2.12. The van der Waals surface area contributed by atoms with E-state index in [1.54, 1.807) is 4.90 Å². The van der Waals surface area contributed by atoms with Gasteiger partial charge in [-0.05, 0) is 52.3 Å². The highest BCUT2D eigenvalue weighted by Gasteiger charge is 2.24. The first kappa shape index (κ1) is 18.4. The molecule has 0 spiro atoms. The maximum absolute atomic E-state index is 12.4. The molecule has 1 heterocycles. The Morgan fingerprint density at radius 2 is 2.18 bits per heavy atom. The summed E-state index contributed by atoms with van der Waals surface area (Å²) >= 11 is 0. The van der Waals surface area contributed by atoms with Gasteiger partial charge in [-0.2, -0.15) is 0 Å². The zero-order valence-electron chi connectivity index (χ0n) is 14.6. The van der Waals surface area contributed by atoms with Gasteiger partial charge in [-0.25, -0.2) is 4.79 Å². The second-order valence-electron chi connectivity index (χ2n) is 6.44. The number of carbonyl (C=O) groups excluding carboxylic acids is 1. The molecule has 22 heavy (non-hydrogen) atoms. The number of urea groups is 1. The second-order valence-corrected chi connectivity index (χ2v) is 6.44. The number of hydrogen-bond acceptors (Lipinski definition) is 3. The highest BCUT2D eigenvalue weighted by atomic mass is 16.5. The average molecular weight is 307 g/mol. The van der Waals surface area contributed by atoms with E-state index in [0.717, 1.165) is 12.1 Å². The van der Waals surface area contributed by atoms with Crippen LogP contribution in [0.15, 0.2) is 18.3 Å². The highest BCUT2D eigenvalue weighted by molar-refractivity contribution is 5.75. The van der Waals surface area contributed by atoms with Gasteiger partial charge in [0.05, 0.1) is 12.1 Å². The molecule has 0 aromatic carbocycles. The molecule has 0 radical (unpaired) electrons. The Morgan fingerprint density at radius 3 is 2.77 bits per heavy atom. The number of aromatic nitrogens is 1. The molecule has 0 saturated heterocycles. The SMILES string of the molecule is CCOCC(C)(C)NC(=O)N(C)[C@H](C)Cc1cc(C)ccn1. The summed E-state index contributed by atoms with van der Waals surface area (Å²) in [6.45, 7) is 11.1. The zero-order valence-corrected chi connectivity index (χ0v) is 14.6. The summed E-state index contributed by atoms with van der Waals surface area (Å²) in [7, 11) is 1.81. The van der Waals surface area contributed by atoms with Crippen LogP contribution in [-0.2, 0) is 11.2 Å². The van der Waals surface area contributed by atoms with Crippen molar-refractivity contribution in [3.8, 4) is 0 Å². The third-order valence-electron chi connectivity index (χ3n) is 3.57. The molecule has 0 fully saturated rings. The number of carbonyl (C=O) groups is 1. The van der Waals surface area contributed by atoms with Gasteiger partial charge in [-0.15, -0.1) is 0 Å². The van der Waals surface area contributed by atoms with Crippen molar-refractivity contribution in [1.82, 2.24) is 15.2 Å². The average Bonchev–Trinajstić information content (AvgIpc) is 2.43. The van der Waals surface area contributed by atoms with Gasteiger partial charge in [-0.3, -0.25) is 4.98 Å². The molecule has 124 valence electrons. The number of aryl methyl sites for hydroxylation is 1. The molecule has 0 aliphatic heterocycles. The molecule has 5 heteroatoms. The van der Waals surface area contributed by atoms with E-state index < -0.39 is 0 Å². The van der Waals surface area contributed by atoms with Gasteiger partial charge in [0.25, 0.3) is 0 Å². The van der Waals surface area contributed by atoms with Gasteiger partial charge in [0.1, 0.15) is 0 Å². The molecule has 0 aliphatic carbocycles. The number of rotatable bonds is 7. The minimum absolute atomic E-state index is 0.0668. The Balaban J connectivity index is 2.58. The molecule has 0 aliphatic rings. The monoisotopic (exact) mass is 307 g/mol. The standard InChI is InChI=1S/C17H29N3O2/c1-7-22-12-17(4,5)19-16(21)20(6)14(3)11-15-10-13(2)8-9-18-15/h8-10,14H,7,11-12H2,1-6H3,(H,19,21)/t14-/m1/s1. The molecule has 0 bridgehead atoms. The Labute approximate surface area is 134 Å². The van der Waals surface area contributed by atoms with Crippen LogP contribution in [0.4, 0.5) is 4.79 Å². The summed E-state index contributed by atoms with van der Waals surface area (Å²) in [5.41, 5.74) is 1.80. The highest BCUT2D eigenvalue weighted by Crippen LogP contribution is 2.09. The van der Waals surface area contributed by atoms with Crippen molar-refractivity contribution in [2.24, 2.45) is 0 Å². The molecular formula is C17H29N3O2. The summed E-state index contributed by atoms with van der Waals surface area (Å²) in [6, 6.07) is 4.00. The van der Waals surface area contributed by atoms with Crippen LogP contribution in [0.3, 0.4) is 0 Å². The Hall–Kier alpha value is -1.62. The van der Waals surface area contributed by atoms with Crippen LogP contribution in [-0.4, -0.2) is 47.8 Å². The van der Waals surface area contributed by atoms with Crippen molar-refractivity contribution >= 4 is 6.03 Å². The minimum Gasteiger partial charge on any atom is -0.379 e. The number of nitrogens with one attached hydrogen (secondary N) is 1. The normalized spacial score (nSPS) is 12.8. The van der Waals surface area contributed by atoms with Crippen LogP contribution in [0, 0.1) is 6.92 Å². The van der Waals surface area contributed by atoms with Crippen molar-refractivity contribution in [2.45, 2.75) is 52.6 Å². The first-order valence-electron chi connectivity index (χ1n) is 7.79. The lowest BCUT2D eigenvalue weighted by atomic mass is 10.1. The van der Waals surface area contributed by atoms with Crippen molar-refractivity contribution in [3.05, 3.63) is 29.6 Å². The third kappa shape index (κ3) is 6.02. The van der Waals surface area contributed by atoms with Gasteiger partial charge in [0.2, 0.25) is 0 Å². The van der Waals surface area contributed by atoms with Crippen molar-refractivity contribution in [2.75, 3.05) is 20.3 Å². The fraction of sp³-hybridized carbons (Fsp3) is 0.647. The topological polar surface area (TPSA) is 54.5 Å². The van der Waals surface area contributed by atoms with Gasteiger partial charge in [0.15, 0.2) is 0 Å². The molecule has 5 nitrogen and oxygen atoms in total. The fourth-order valence-electron chi connectivity index (χ4n) is 2.12. The van der Waals surface area contributed by atoms with Crippen molar-refractivity contribution in [1.29, 1.82) is 0 Å². The summed E-state index contributed by atoms with van der Waals surface area (Å²) in [5, 5.41) is 3.01. The largest absolute Gasteiger partial charge is 0.379 e. The van der Waals surface area contributed by atoms with Gasteiger partial charge < -0.3 is 15.0 Å². The molecule has 0 saturated carbocycles. The molecule has 1 aromatic heterocycles. The summed E-state index contributed by atoms with van der Waals surface area (Å²) in [5.74, 6) is 0. The van der Waals surface area contributed by atoms with Crippen LogP contribution in [0.1, 0.15) is 39.0 Å². The van der Waals surface area contributed by atoms with E-state index in [0.29, 0.717) is 13.2 Å². The van der Waals surface area contributed by atoms with E-state index in [9.17, 15) is 4.79 Å². The van der Waals surface area contributed by atoms with E-state index >= 15 is 0 Å². The summed E-state index contributed by atoms with van der Waals surface area (Å²) in [6.07, 6.45) is 2.54. The van der Waals surface area contributed by atoms with Crippen LogP contribution in [0.25, 0.3) is 0 Å². The lowest BCUT2D eigenvalue weighted by Crippen LogP contribution is -2.53. The van der Waals surface area contributed by atoms with Crippen LogP contribution in [0.2, 0.25) is 0 Å². The summed E-state index contributed by atoms with van der Waals surface area (Å²) in [4.78, 5) is 18.4. The zero-order chi connectivity index (χ0) is 16.8. The van der Waals surface area contributed by atoms with Crippen LogP contribution in [0.5, 0.6) is 0 Å². The van der Waals surface area contributed by atoms with Crippen LogP contribution >= 0.6 is 0 Å². The number of hydrogen-bond donors (Lipinski definition) is 1. The second kappa shape index (κ2) is 8.13. The van der Waals surface area contributed by atoms with E-state index in [-0.39, 0.29) is 17.6 Å². The lowest BCUT2D eigenvalue weighted by molar-refractivity contribution is 0.0905. The van der Waals surface area contributed by atoms with Crippen molar-refractivity contribution in [3.63, 3.8) is 0 Å². The number of nitrogens with zero attached hydrogens (tertiary/aromatic N) is 2. The Kier molecular flexibility index (Phi) is 6.81. The predicted octanol–water partition coefficient (Wildman–Crippen LogP) is 2.78. The first-order valence-corrected chi connectivity index (χ1v) is 7.79. The van der Waals surface area contributed by atoms with Crippen LogP contribution < -0.4 is 5.32 Å². The quantitative estimate of drug-likeness (QED) is 0.843. The van der Waals surface area contributed by atoms with Gasteiger partial charge >= 0.3 is 6.03 Å². The molecule has 0 unspecified atom stereocenters. The number of ether oxygens (including phenoxy) is 1. The van der Waals surface area contributed by atoms with E-state index in [1.807, 2.05) is 53.9 Å². The first-order chi connectivity index (χ1) is 10.2. The van der Waals surface area contributed by atoms with Gasteiger partial charge in [0, 0.05) is 38.0 Å². The molecule has 1 rings (SSSR count). The third-order valence-corrected chi connectivity index (χ3v) is 3.57. The number of amides is 2. The molecular weight excluding hydrogens is 278 g/mol. The molecule has 2 amide bonds. The molecule has 1 atom stereocenters. The lowest BCUT2D eigenvalue weighted by Gasteiger charge is -2.31. The summed E-state index contributed by atoms with van der Waals surface area (Å²) < 4.78 is 5.40. The Morgan fingerprint density at radius 1 is 1.50 bits per heavy atom. The van der Waals surface area contributed by atoms with E-state index in [2.05, 4.69) is 16.4 Å². The maximum Gasteiger partial charge on any atom is 0.317 e. The number of pyridine rings is 1. The smallest absolute Gasteiger partial charge is 0.317 e. The van der Waals surface area contributed by atoms with Gasteiger partial charge in [-0.1, -0.05) is 0 Å². The maximum atomic E-state index is 12.4. The minimum atomic E-state index is -0.386. The predicted molar refractivity (Wildman–Crippen MR) is 89.0 cm³/mol. The molecule has 1 N–H and O–H groups in total. The number of likely N-dealkylation sites (N-methyl/N-ethyl adjacent to an activating group) is 1.